The van der Waals surface area contributed by atoms with Gasteiger partial charge in [0.25, 0.3) is 0 Å². The number of benzene rings is 2. The molecule has 0 aliphatic heterocycles. The zero-order valence-corrected chi connectivity index (χ0v) is 23.8. The third-order valence-corrected chi connectivity index (χ3v) is 7.03. The summed E-state index contributed by atoms with van der Waals surface area (Å²) < 4.78 is 11.2. The van der Waals surface area contributed by atoms with E-state index in [9.17, 15) is 14.7 Å². The fourth-order valence-corrected chi connectivity index (χ4v) is 4.51. The summed E-state index contributed by atoms with van der Waals surface area (Å²) in [6, 6.07) is 14.8. The molecule has 0 heterocycles. The monoisotopic (exact) mass is 520 g/mol. The van der Waals surface area contributed by atoms with Crippen LogP contribution in [-0.4, -0.2) is 36.4 Å². The maximum Gasteiger partial charge on any atom is 0.336 e. The van der Waals surface area contributed by atoms with Crippen molar-refractivity contribution in [2.75, 3.05) is 13.2 Å². The van der Waals surface area contributed by atoms with E-state index in [0.717, 1.165) is 29.5 Å². The molecule has 38 heavy (non-hydrogen) atoms. The normalized spacial score (nSPS) is 13.3. The van der Waals surface area contributed by atoms with Gasteiger partial charge in [0.2, 0.25) is 0 Å². The Morgan fingerprint density at radius 2 is 1.53 bits per heavy atom. The van der Waals surface area contributed by atoms with Crippen LogP contribution in [-0.2, 0) is 30.9 Å². The minimum atomic E-state index is -1.01. The van der Waals surface area contributed by atoms with Crippen molar-refractivity contribution in [3.8, 4) is 11.1 Å². The number of ether oxygens (including phenoxy) is 2. The van der Waals surface area contributed by atoms with E-state index in [0.29, 0.717) is 12.0 Å². The van der Waals surface area contributed by atoms with Crippen LogP contribution in [0.4, 0.5) is 0 Å². The third kappa shape index (κ3) is 8.42. The van der Waals surface area contributed by atoms with E-state index in [1.54, 1.807) is 6.92 Å². The molecule has 0 saturated heterocycles. The van der Waals surface area contributed by atoms with Gasteiger partial charge in [0, 0.05) is 5.57 Å². The van der Waals surface area contributed by atoms with E-state index >= 15 is 0 Å². The van der Waals surface area contributed by atoms with Crippen molar-refractivity contribution in [3.63, 3.8) is 0 Å². The number of carbonyl (C=O) groups excluding carboxylic acids is 2. The van der Waals surface area contributed by atoms with Crippen molar-refractivity contribution >= 4 is 11.9 Å². The largest absolute Gasteiger partial charge is 0.461 e. The van der Waals surface area contributed by atoms with Crippen molar-refractivity contribution in [2.45, 2.75) is 84.7 Å². The van der Waals surface area contributed by atoms with Crippen LogP contribution in [0.5, 0.6) is 0 Å². The Hall–Kier alpha value is -3.18. The highest BCUT2D eigenvalue weighted by molar-refractivity contribution is 5.89. The lowest BCUT2D eigenvalue weighted by atomic mass is 9.77. The fraction of sp³-hybridized carbons (Fsp3) is 0.455. The van der Waals surface area contributed by atoms with Crippen LogP contribution in [0.3, 0.4) is 0 Å². The summed E-state index contributed by atoms with van der Waals surface area (Å²) in [5, 5.41) is 9.73. The average molecular weight is 521 g/mol. The molecule has 2 unspecified atom stereocenters. The maximum absolute atomic E-state index is 12.5. The number of esters is 2. The smallest absolute Gasteiger partial charge is 0.336 e. The van der Waals surface area contributed by atoms with Gasteiger partial charge < -0.3 is 14.6 Å². The Morgan fingerprint density at radius 3 is 2.05 bits per heavy atom. The van der Waals surface area contributed by atoms with Crippen LogP contribution in [0.15, 0.2) is 66.8 Å². The average Bonchev–Trinajstić information content (AvgIpc) is 2.90. The molecule has 0 fully saturated rings. The predicted octanol–water partition coefficient (Wildman–Crippen LogP) is 7.03. The Bertz CT molecular complexity index is 1110. The summed E-state index contributed by atoms with van der Waals surface area (Å²) in [7, 11) is 0. The molecule has 5 nitrogen and oxygen atoms in total. The third-order valence-electron chi connectivity index (χ3n) is 7.03. The molecular weight excluding hydrogens is 476 g/mol. The first-order chi connectivity index (χ1) is 18.0. The first-order valence-corrected chi connectivity index (χ1v) is 13.6. The minimum Gasteiger partial charge on any atom is -0.461 e. The van der Waals surface area contributed by atoms with Gasteiger partial charge in [-0.1, -0.05) is 88.7 Å². The molecule has 0 aromatic heterocycles. The molecule has 0 amide bonds. The number of aryl methyl sites for hydroxylation is 2. The molecule has 0 aliphatic rings. The first-order valence-electron chi connectivity index (χ1n) is 13.6. The Balaban J connectivity index is 2.36. The van der Waals surface area contributed by atoms with Gasteiger partial charge in [-0.15, -0.1) is 0 Å². The van der Waals surface area contributed by atoms with E-state index in [-0.39, 0.29) is 18.8 Å². The van der Waals surface area contributed by atoms with E-state index in [2.05, 4.69) is 57.3 Å². The minimum absolute atomic E-state index is 0.0141. The van der Waals surface area contributed by atoms with Gasteiger partial charge in [-0.3, -0.25) is 0 Å². The van der Waals surface area contributed by atoms with Crippen molar-refractivity contribution in [1.29, 1.82) is 0 Å². The van der Waals surface area contributed by atoms with Crippen LogP contribution in [0.1, 0.15) is 76.5 Å². The van der Waals surface area contributed by atoms with Crippen LogP contribution in [0.2, 0.25) is 0 Å². The Labute approximate surface area is 228 Å². The number of hydrogen-bond acceptors (Lipinski definition) is 5. The second kappa shape index (κ2) is 14.7. The molecule has 0 aliphatic carbocycles. The standard InChI is InChI=1S/C33H44O5/c1-8-10-11-12-27-13-14-29(20-24(27)5)28-15-17-30(18-16-28)33(19-9-2,21-37-31(35)23(3)4)22-38-32(36)25(6)26(7)34/h13-18,20,26,34H,3,6,8-12,19,21-22H2,1-2,4-5,7H3. The topological polar surface area (TPSA) is 72.8 Å². The van der Waals surface area contributed by atoms with Crippen molar-refractivity contribution < 1.29 is 24.2 Å². The Kier molecular flexibility index (Phi) is 12.0. The van der Waals surface area contributed by atoms with Gasteiger partial charge >= 0.3 is 11.9 Å². The highest BCUT2D eigenvalue weighted by Gasteiger charge is 2.36. The van der Waals surface area contributed by atoms with Crippen molar-refractivity contribution in [3.05, 3.63) is 83.5 Å². The SMILES string of the molecule is C=C(C)C(=O)OCC(CCC)(COC(=O)C(=C)C(C)O)c1ccc(-c2ccc(CCCCC)c(C)c2)cc1. The number of aliphatic hydroxyl groups excluding tert-OH is 1. The second-order valence-corrected chi connectivity index (χ2v) is 10.3. The number of carbonyl (C=O) groups is 2. The van der Waals surface area contributed by atoms with Gasteiger partial charge in [0.1, 0.15) is 13.2 Å². The van der Waals surface area contributed by atoms with E-state index in [1.165, 1.54) is 37.3 Å². The number of hydrogen-bond donors (Lipinski definition) is 1. The van der Waals surface area contributed by atoms with Crippen LogP contribution >= 0.6 is 0 Å². The lowest BCUT2D eigenvalue weighted by Gasteiger charge is -2.33. The van der Waals surface area contributed by atoms with Crippen molar-refractivity contribution in [2.24, 2.45) is 0 Å². The highest BCUT2D eigenvalue weighted by atomic mass is 16.5. The van der Waals surface area contributed by atoms with Crippen LogP contribution < -0.4 is 0 Å². The molecule has 0 saturated carbocycles. The molecule has 1 N–H and O–H groups in total. The van der Waals surface area contributed by atoms with E-state index in [4.69, 9.17) is 9.47 Å². The molecule has 2 atom stereocenters. The van der Waals surface area contributed by atoms with Crippen LogP contribution in [0.25, 0.3) is 11.1 Å². The quantitative estimate of drug-likeness (QED) is 0.155. The zero-order valence-electron chi connectivity index (χ0n) is 23.8. The first kappa shape index (κ1) is 31.0. The number of rotatable bonds is 15. The molecule has 2 aromatic rings. The number of unbranched alkanes of at least 4 members (excludes halogenated alkanes) is 2. The summed E-state index contributed by atoms with van der Waals surface area (Å²) in [6.45, 7) is 16.8. The maximum atomic E-state index is 12.5. The van der Waals surface area contributed by atoms with E-state index < -0.39 is 23.5 Å². The molecule has 2 rings (SSSR count). The molecule has 0 bridgehead atoms. The molecule has 206 valence electrons. The number of aliphatic hydroxyl groups is 1. The summed E-state index contributed by atoms with van der Waals surface area (Å²) in [5.74, 6) is -1.16. The van der Waals surface area contributed by atoms with Crippen LogP contribution in [0, 0.1) is 6.92 Å². The lowest BCUT2D eigenvalue weighted by Crippen LogP contribution is -2.39. The predicted molar refractivity (Wildman–Crippen MR) is 154 cm³/mol. The van der Waals surface area contributed by atoms with E-state index in [1.807, 2.05) is 19.1 Å². The molecule has 5 heteroatoms. The highest BCUT2D eigenvalue weighted by Crippen LogP contribution is 2.33. The van der Waals surface area contributed by atoms with Crippen molar-refractivity contribution in [1.82, 2.24) is 0 Å². The molecule has 2 aromatic carbocycles. The molecule has 0 spiro atoms. The summed E-state index contributed by atoms with van der Waals surface area (Å²) in [6.07, 6.45) is 5.15. The Morgan fingerprint density at radius 1 is 0.921 bits per heavy atom. The summed E-state index contributed by atoms with van der Waals surface area (Å²) >= 11 is 0. The summed E-state index contributed by atoms with van der Waals surface area (Å²) in [4.78, 5) is 24.8. The molecule has 0 radical (unpaired) electrons. The van der Waals surface area contributed by atoms with Gasteiger partial charge in [0.05, 0.1) is 17.1 Å². The summed E-state index contributed by atoms with van der Waals surface area (Å²) in [5.41, 5.74) is 5.34. The molecular formula is C33H44O5. The zero-order chi connectivity index (χ0) is 28.3. The van der Waals surface area contributed by atoms with Gasteiger partial charge in [-0.05, 0) is 67.9 Å². The lowest BCUT2D eigenvalue weighted by molar-refractivity contribution is -0.146. The second-order valence-electron chi connectivity index (χ2n) is 10.3. The van der Waals surface area contributed by atoms with Gasteiger partial charge in [-0.25, -0.2) is 9.59 Å². The van der Waals surface area contributed by atoms with Gasteiger partial charge in [0.15, 0.2) is 0 Å². The van der Waals surface area contributed by atoms with Gasteiger partial charge in [-0.2, -0.15) is 0 Å². The fourth-order valence-electron chi connectivity index (χ4n) is 4.51.